The molecule has 3 aromatic rings. The Kier molecular flexibility index (Phi) is 5.69. The van der Waals surface area contributed by atoms with Crippen molar-refractivity contribution in [3.8, 4) is 5.75 Å². The molecule has 5 heteroatoms. The maximum Gasteiger partial charge on any atom is 0.341 e. The molecule has 0 aromatic heterocycles. The van der Waals surface area contributed by atoms with Crippen LogP contribution in [0.2, 0.25) is 0 Å². The first-order valence-electron chi connectivity index (χ1n) is 9.84. The van der Waals surface area contributed by atoms with Gasteiger partial charge in [-0.3, -0.25) is 0 Å². The molecule has 3 aromatic carbocycles. The average Bonchev–Trinajstić information content (AvgIpc) is 2.99. The summed E-state index contributed by atoms with van der Waals surface area (Å²) in [5.41, 5.74) is 2.61. The minimum Gasteiger partial charge on any atom is -0.488 e. The van der Waals surface area contributed by atoms with E-state index in [-0.39, 0.29) is 11.4 Å². The normalized spacial score (nSPS) is 18.5. The molecule has 1 N–H and O–H groups in total. The second kappa shape index (κ2) is 8.58. The predicted octanol–water partition coefficient (Wildman–Crippen LogP) is 5.14. The first kappa shape index (κ1) is 20.6. The Bertz CT molecular complexity index is 1160. The number of benzene rings is 3. The molecule has 0 fully saturated rings. The molecule has 1 aliphatic rings. The van der Waals surface area contributed by atoms with Crippen LogP contribution in [0.3, 0.4) is 0 Å². The number of carbonyl (C=O) groups is 1. The minimum atomic E-state index is -1.83. The van der Waals surface area contributed by atoms with Crippen molar-refractivity contribution in [2.24, 2.45) is 0 Å². The van der Waals surface area contributed by atoms with Crippen LogP contribution in [0.5, 0.6) is 5.75 Å². The molecule has 156 valence electrons. The lowest BCUT2D eigenvalue weighted by Gasteiger charge is -2.21. The fourth-order valence-corrected chi connectivity index (χ4v) is 3.51. The Morgan fingerprint density at radius 1 is 1.00 bits per heavy atom. The highest BCUT2D eigenvalue weighted by molar-refractivity contribution is 6.07. The zero-order valence-electron chi connectivity index (χ0n) is 16.9. The van der Waals surface area contributed by atoms with Crippen molar-refractivity contribution in [2.75, 3.05) is 0 Å². The van der Waals surface area contributed by atoms with E-state index >= 15 is 0 Å². The van der Waals surface area contributed by atoms with Gasteiger partial charge in [0.25, 0.3) is 0 Å². The predicted molar refractivity (Wildman–Crippen MR) is 116 cm³/mol. The van der Waals surface area contributed by atoms with Gasteiger partial charge in [0.2, 0.25) is 5.79 Å². The Labute approximate surface area is 179 Å². The number of para-hydroxylation sites is 1. The van der Waals surface area contributed by atoms with Gasteiger partial charge in [0, 0.05) is 18.1 Å². The summed E-state index contributed by atoms with van der Waals surface area (Å²) < 4.78 is 24.7. The van der Waals surface area contributed by atoms with Crippen LogP contribution in [0.4, 0.5) is 4.39 Å². The standard InChI is InChI=1S/C26H21FO4/c1-26(29)24(22(25(28)31-26)15-14-18-10-7-11-20(27)16-18)21-12-5-6-13-23(21)30-17-19-8-3-2-4-9-19/h2-16,29H,17H2,1H3/b15-14+. The molecule has 0 radical (unpaired) electrons. The van der Waals surface area contributed by atoms with E-state index in [0.717, 1.165) is 5.56 Å². The number of esters is 1. The van der Waals surface area contributed by atoms with Crippen molar-refractivity contribution >= 4 is 17.6 Å². The quantitative estimate of drug-likeness (QED) is 0.566. The van der Waals surface area contributed by atoms with E-state index in [0.29, 0.717) is 29.1 Å². The van der Waals surface area contributed by atoms with E-state index in [1.54, 1.807) is 36.4 Å². The molecule has 4 rings (SSSR count). The van der Waals surface area contributed by atoms with E-state index in [2.05, 4.69) is 0 Å². The van der Waals surface area contributed by atoms with E-state index in [4.69, 9.17) is 9.47 Å². The molecule has 1 atom stereocenters. The molecule has 0 spiro atoms. The molecule has 0 saturated carbocycles. The number of hydrogen-bond acceptors (Lipinski definition) is 4. The van der Waals surface area contributed by atoms with E-state index in [9.17, 15) is 14.3 Å². The van der Waals surface area contributed by atoms with Gasteiger partial charge in [-0.1, -0.05) is 66.7 Å². The molecular formula is C26H21FO4. The van der Waals surface area contributed by atoms with Crippen molar-refractivity contribution in [3.63, 3.8) is 0 Å². The van der Waals surface area contributed by atoms with Crippen LogP contribution in [-0.4, -0.2) is 16.9 Å². The zero-order chi connectivity index (χ0) is 21.8. The summed E-state index contributed by atoms with van der Waals surface area (Å²) >= 11 is 0. The molecule has 0 aliphatic carbocycles. The van der Waals surface area contributed by atoms with Crippen molar-refractivity contribution in [1.82, 2.24) is 0 Å². The van der Waals surface area contributed by atoms with Gasteiger partial charge in [-0.15, -0.1) is 0 Å². The summed E-state index contributed by atoms with van der Waals surface area (Å²) in [7, 11) is 0. The van der Waals surface area contributed by atoms with Crippen LogP contribution in [-0.2, 0) is 16.1 Å². The first-order chi connectivity index (χ1) is 14.9. The van der Waals surface area contributed by atoms with E-state index < -0.39 is 11.8 Å². The Balaban J connectivity index is 1.73. The summed E-state index contributed by atoms with van der Waals surface area (Å²) in [6.07, 6.45) is 3.14. The monoisotopic (exact) mass is 416 g/mol. The van der Waals surface area contributed by atoms with Crippen LogP contribution in [0.25, 0.3) is 11.6 Å². The lowest BCUT2D eigenvalue weighted by Crippen LogP contribution is -2.26. The van der Waals surface area contributed by atoms with Crippen molar-refractivity contribution < 1.29 is 23.8 Å². The van der Waals surface area contributed by atoms with Crippen LogP contribution in [0, 0.1) is 5.82 Å². The van der Waals surface area contributed by atoms with Gasteiger partial charge in [-0.2, -0.15) is 0 Å². The number of rotatable bonds is 6. The summed E-state index contributed by atoms with van der Waals surface area (Å²) in [6, 6.07) is 22.8. The second-order valence-corrected chi connectivity index (χ2v) is 7.32. The topological polar surface area (TPSA) is 55.8 Å². The van der Waals surface area contributed by atoms with Gasteiger partial charge in [-0.25, -0.2) is 9.18 Å². The summed E-state index contributed by atoms with van der Waals surface area (Å²) in [6.45, 7) is 1.74. The SMILES string of the molecule is CC1(O)OC(=O)C(/C=C/c2cccc(F)c2)=C1c1ccccc1OCc1ccccc1. The average molecular weight is 416 g/mol. The maximum atomic E-state index is 13.5. The first-order valence-corrected chi connectivity index (χ1v) is 9.84. The number of ether oxygens (including phenoxy) is 2. The van der Waals surface area contributed by atoms with Crippen molar-refractivity contribution in [1.29, 1.82) is 0 Å². The molecule has 4 nitrogen and oxygen atoms in total. The number of halogens is 1. The number of aliphatic hydroxyl groups is 1. The van der Waals surface area contributed by atoms with Gasteiger partial charge < -0.3 is 14.6 Å². The van der Waals surface area contributed by atoms with E-state index in [1.165, 1.54) is 25.1 Å². The molecular weight excluding hydrogens is 395 g/mol. The Morgan fingerprint density at radius 3 is 2.52 bits per heavy atom. The highest BCUT2D eigenvalue weighted by Crippen LogP contribution is 2.42. The number of carbonyl (C=O) groups excluding carboxylic acids is 1. The third kappa shape index (κ3) is 4.57. The third-order valence-corrected chi connectivity index (χ3v) is 4.93. The number of cyclic esters (lactones) is 1. The number of hydrogen-bond donors (Lipinski definition) is 1. The van der Waals surface area contributed by atoms with Crippen LogP contribution in [0.1, 0.15) is 23.6 Å². The zero-order valence-corrected chi connectivity index (χ0v) is 16.9. The van der Waals surface area contributed by atoms with Crippen LogP contribution in [0.15, 0.2) is 90.5 Å². The molecule has 31 heavy (non-hydrogen) atoms. The molecule has 0 saturated heterocycles. The van der Waals surface area contributed by atoms with Gasteiger partial charge in [0.1, 0.15) is 18.2 Å². The van der Waals surface area contributed by atoms with Crippen LogP contribution < -0.4 is 4.74 Å². The highest BCUT2D eigenvalue weighted by atomic mass is 19.1. The van der Waals surface area contributed by atoms with Gasteiger partial charge >= 0.3 is 5.97 Å². The molecule has 1 unspecified atom stereocenters. The summed E-state index contributed by atoms with van der Waals surface area (Å²) in [4.78, 5) is 12.5. The molecule has 1 heterocycles. The Hall–Kier alpha value is -3.70. The Morgan fingerprint density at radius 2 is 1.74 bits per heavy atom. The largest absolute Gasteiger partial charge is 0.488 e. The smallest absolute Gasteiger partial charge is 0.341 e. The third-order valence-electron chi connectivity index (χ3n) is 4.93. The van der Waals surface area contributed by atoms with Crippen molar-refractivity contribution in [2.45, 2.75) is 19.3 Å². The van der Waals surface area contributed by atoms with Crippen LogP contribution >= 0.6 is 0 Å². The van der Waals surface area contributed by atoms with Gasteiger partial charge in [0.15, 0.2) is 0 Å². The lowest BCUT2D eigenvalue weighted by atomic mass is 9.94. The highest BCUT2D eigenvalue weighted by Gasteiger charge is 2.43. The summed E-state index contributed by atoms with van der Waals surface area (Å²) in [5, 5.41) is 10.8. The molecule has 0 bridgehead atoms. The fraction of sp³-hybridized carbons (Fsp3) is 0.115. The maximum absolute atomic E-state index is 13.5. The van der Waals surface area contributed by atoms with Crippen molar-refractivity contribution in [3.05, 3.63) is 113 Å². The fourth-order valence-electron chi connectivity index (χ4n) is 3.51. The summed E-state index contributed by atoms with van der Waals surface area (Å²) in [5.74, 6) is -2.36. The minimum absolute atomic E-state index is 0.185. The molecule has 0 amide bonds. The lowest BCUT2D eigenvalue weighted by molar-refractivity contribution is -0.170. The van der Waals surface area contributed by atoms with Gasteiger partial charge in [0.05, 0.1) is 5.57 Å². The second-order valence-electron chi connectivity index (χ2n) is 7.32. The van der Waals surface area contributed by atoms with E-state index in [1.807, 2.05) is 36.4 Å². The van der Waals surface area contributed by atoms with Gasteiger partial charge in [-0.05, 0) is 35.4 Å². The molecule has 1 aliphatic heterocycles.